The summed E-state index contributed by atoms with van der Waals surface area (Å²) >= 11 is 0. The molecule has 22 heavy (non-hydrogen) atoms. The lowest BCUT2D eigenvalue weighted by Gasteiger charge is -2.40. The topological polar surface area (TPSA) is 58.6 Å². The number of aliphatic carboxylic acids is 1. The zero-order valence-corrected chi connectivity index (χ0v) is 13.3. The number of carboxylic acids is 1. The first-order valence-electron chi connectivity index (χ1n) is 8.21. The highest BCUT2D eigenvalue weighted by Gasteiger charge is 2.35. The van der Waals surface area contributed by atoms with Crippen molar-refractivity contribution in [3.8, 4) is 5.75 Å². The quantitative estimate of drug-likeness (QED) is 0.897. The van der Waals surface area contributed by atoms with Crippen molar-refractivity contribution >= 4 is 5.97 Å². The van der Waals surface area contributed by atoms with Crippen molar-refractivity contribution in [2.45, 2.75) is 63.6 Å². The van der Waals surface area contributed by atoms with Crippen LogP contribution in [0.25, 0.3) is 0 Å². The molecule has 1 aliphatic carbocycles. The van der Waals surface area contributed by atoms with Crippen LogP contribution in [0.1, 0.15) is 57.6 Å². The van der Waals surface area contributed by atoms with Crippen molar-refractivity contribution in [1.29, 1.82) is 0 Å². The second kappa shape index (κ2) is 5.92. The Kier molecular flexibility index (Phi) is 4.13. The molecular weight excluding hydrogens is 278 g/mol. The second-order valence-electron chi connectivity index (χ2n) is 7.21. The maximum Gasteiger partial charge on any atom is 0.306 e. The molecule has 1 heterocycles. The van der Waals surface area contributed by atoms with Crippen molar-refractivity contribution in [3.05, 3.63) is 29.8 Å². The Morgan fingerprint density at radius 3 is 2.59 bits per heavy atom. The van der Waals surface area contributed by atoms with Crippen LogP contribution in [0.15, 0.2) is 24.3 Å². The Balaban J connectivity index is 1.69. The monoisotopic (exact) mass is 303 g/mol. The van der Waals surface area contributed by atoms with Gasteiger partial charge in [0.15, 0.2) is 0 Å². The average molecular weight is 303 g/mol. The summed E-state index contributed by atoms with van der Waals surface area (Å²) in [6.07, 6.45) is 4.37. The largest absolute Gasteiger partial charge is 0.487 e. The standard InChI is InChI=1S/C18H25NO3/c1-18(2)11-15(14-5-3-4-6-16(14)22-18)19-13-9-7-12(8-10-13)17(20)21/h3-6,12-13,15,19H,7-11H2,1-2H3,(H,20,21). The summed E-state index contributed by atoms with van der Waals surface area (Å²) in [6.45, 7) is 4.25. The smallest absolute Gasteiger partial charge is 0.306 e. The summed E-state index contributed by atoms with van der Waals surface area (Å²) < 4.78 is 6.07. The molecule has 2 N–H and O–H groups in total. The number of ether oxygens (including phenoxy) is 1. The first-order valence-corrected chi connectivity index (χ1v) is 8.21. The Hall–Kier alpha value is -1.55. The van der Waals surface area contributed by atoms with E-state index in [9.17, 15) is 4.79 Å². The second-order valence-corrected chi connectivity index (χ2v) is 7.21. The van der Waals surface area contributed by atoms with Gasteiger partial charge in [0.1, 0.15) is 11.4 Å². The summed E-state index contributed by atoms with van der Waals surface area (Å²) in [5.74, 6) is 0.169. The van der Waals surface area contributed by atoms with Gasteiger partial charge in [-0.3, -0.25) is 4.79 Å². The van der Waals surface area contributed by atoms with Crippen molar-refractivity contribution in [3.63, 3.8) is 0 Å². The lowest BCUT2D eigenvalue weighted by atomic mass is 9.84. The number of fused-ring (bicyclic) bond motifs is 1. The molecule has 1 aliphatic heterocycles. The van der Waals surface area contributed by atoms with Gasteiger partial charge in [-0.1, -0.05) is 18.2 Å². The number of carbonyl (C=O) groups is 1. The third kappa shape index (κ3) is 3.27. The molecule has 0 saturated heterocycles. The number of para-hydroxylation sites is 1. The van der Waals surface area contributed by atoms with Crippen molar-refractivity contribution in [1.82, 2.24) is 5.32 Å². The molecule has 1 atom stereocenters. The van der Waals surface area contributed by atoms with Crippen LogP contribution in [-0.4, -0.2) is 22.7 Å². The molecular formula is C18H25NO3. The molecule has 1 aromatic rings. The van der Waals surface area contributed by atoms with Crippen LogP contribution >= 0.6 is 0 Å². The van der Waals surface area contributed by atoms with E-state index in [2.05, 4.69) is 31.3 Å². The third-order valence-corrected chi connectivity index (χ3v) is 4.89. The molecule has 2 aliphatic rings. The molecule has 1 unspecified atom stereocenters. The molecule has 0 radical (unpaired) electrons. The van der Waals surface area contributed by atoms with Crippen molar-refractivity contribution in [2.24, 2.45) is 5.92 Å². The fourth-order valence-electron chi connectivity index (χ4n) is 3.74. The van der Waals surface area contributed by atoms with E-state index in [4.69, 9.17) is 9.84 Å². The van der Waals surface area contributed by atoms with Gasteiger partial charge in [0.05, 0.1) is 5.92 Å². The Morgan fingerprint density at radius 1 is 1.23 bits per heavy atom. The van der Waals surface area contributed by atoms with Crippen LogP contribution in [0, 0.1) is 5.92 Å². The van der Waals surface area contributed by atoms with E-state index >= 15 is 0 Å². The minimum absolute atomic E-state index is 0.156. The zero-order valence-electron chi connectivity index (χ0n) is 13.3. The van der Waals surface area contributed by atoms with Gasteiger partial charge in [0, 0.05) is 24.1 Å². The molecule has 1 fully saturated rings. The third-order valence-electron chi connectivity index (χ3n) is 4.89. The van der Waals surface area contributed by atoms with Crippen molar-refractivity contribution in [2.75, 3.05) is 0 Å². The predicted molar refractivity (Wildman–Crippen MR) is 85.0 cm³/mol. The zero-order chi connectivity index (χ0) is 15.7. The molecule has 120 valence electrons. The fraction of sp³-hybridized carbons (Fsp3) is 0.611. The van der Waals surface area contributed by atoms with Gasteiger partial charge in [-0.25, -0.2) is 0 Å². The summed E-state index contributed by atoms with van der Waals surface area (Å²) in [5, 5.41) is 12.9. The number of benzene rings is 1. The van der Waals surface area contributed by atoms with Gasteiger partial charge in [-0.05, 0) is 45.6 Å². The maximum atomic E-state index is 11.1. The minimum Gasteiger partial charge on any atom is -0.487 e. The highest BCUT2D eigenvalue weighted by molar-refractivity contribution is 5.70. The molecule has 0 bridgehead atoms. The van der Waals surface area contributed by atoms with Crippen LogP contribution in [-0.2, 0) is 4.79 Å². The van der Waals surface area contributed by atoms with Crippen LogP contribution < -0.4 is 10.1 Å². The van der Waals surface area contributed by atoms with Crippen LogP contribution in [0.5, 0.6) is 5.75 Å². The first kappa shape index (κ1) is 15.3. The molecule has 4 nitrogen and oxygen atoms in total. The van der Waals surface area contributed by atoms with E-state index < -0.39 is 5.97 Å². The average Bonchev–Trinajstić information content (AvgIpc) is 2.46. The molecule has 0 amide bonds. The molecule has 1 saturated carbocycles. The SMILES string of the molecule is CC1(C)CC(NC2CCC(C(=O)O)CC2)c2ccccc2O1. The summed E-state index contributed by atoms with van der Waals surface area (Å²) in [5.41, 5.74) is 1.05. The van der Waals surface area contributed by atoms with Gasteiger partial charge < -0.3 is 15.2 Å². The summed E-state index contributed by atoms with van der Waals surface area (Å²) in [7, 11) is 0. The maximum absolute atomic E-state index is 11.1. The Labute approximate surface area is 131 Å². The molecule has 0 aromatic heterocycles. The van der Waals surface area contributed by atoms with Gasteiger partial charge in [0.2, 0.25) is 0 Å². The van der Waals surface area contributed by atoms with Crippen LogP contribution in [0.2, 0.25) is 0 Å². The minimum atomic E-state index is -0.643. The van der Waals surface area contributed by atoms with Gasteiger partial charge in [-0.2, -0.15) is 0 Å². The van der Waals surface area contributed by atoms with Gasteiger partial charge in [0.25, 0.3) is 0 Å². The highest BCUT2D eigenvalue weighted by atomic mass is 16.5. The van der Waals surface area contributed by atoms with E-state index in [-0.39, 0.29) is 17.6 Å². The molecule has 1 aromatic carbocycles. The van der Waals surface area contributed by atoms with Crippen LogP contribution in [0.4, 0.5) is 0 Å². The van der Waals surface area contributed by atoms with E-state index in [0.717, 1.165) is 37.9 Å². The lowest BCUT2D eigenvalue weighted by Crippen LogP contribution is -2.44. The number of nitrogens with one attached hydrogen (secondary N) is 1. The number of hydrogen-bond acceptors (Lipinski definition) is 3. The number of hydrogen-bond donors (Lipinski definition) is 2. The highest BCUT2D eigenvalue weighted by Crippen LogP contribution is 2.40. The molecule has 4 heteroatoms. The van der Waals surface area contributed by atoms with E-state index in [1.807, 2.05) is 12.1 Å². The van der Waals surface area contributed by atoms with Crippen molar-refractivity contribution < 1.29 is 14.6 Å². The Morgan fingerprint density at radius 2 is 1.91 bits per heavy atom. The number of carboxylic acid groups (broad SMARTS) is 1. The van der Waals surface area contributed by atoms with Gasteiger partial charge >= 0.3 is 5.97 Å². The van der Waals surface area contributed by atoms with E-state index in [1.165, 1.54) is 5.56 Å². The summed E-state index contributed by atoms with van der Waals surface area (Å²) in [6, 6.07) is 8.91. The Bertz CT molecular complexity index is 547. The van der Waals surface area contributed by atoms with Gasteiger partial charge in [-0.15, -0.1) is 0 Å². The van der Waals surface area contributed by atoms with Crippen LogP contribution in [0.3, 0.4) is 0 Å². The predicted octanol–water partition coefficient (Wildman–Crippen LogP) is 3.52. The lowest BCUT2D eigenvalue weighted by molar-refractivity contribution is -0.142. The summed E-state index contributed by atoms with van der Waals surface area (Å²) in [4.78, 5) is 11.1. The number of rotatable bonds is 3. The fourth-order valence-corrected chi connectivity index (χ4v) is 3.74. The molecule has 0 spiro atoms. The first-order chi connectivity index (χ1) is 10.4. The normalized spacial score (nSPS) is 30.2. The van der Waals surface area contributed by atoms with E-state index in [0.29, 0.717) is 6.04 Å². The van der Waals surface area contributed by atoms with E-state index in [1.54, 1.807) is 0 Å². The molecule has 3 rings (SSSR count).